The van der Waals surface area contributed by atoms with Crippen molar-refractivity contribution in [2.24, 2.45) is 0 Å². The molecule has 0 bridgehead atoms. The van der Waals surface area contributed by atoms with Gasteiger partial charge in [0.2, 0.25) is 11.6 Å². The molecule has 0 radical (unpaired) electrons. The predicted molar refractivity (Wildman–Crippen MR) is 91.3 cm³/mol. The maximum Gasteiger partial charge on any atom is 0.268 e. The zero-order chi connectivity index (χ0) is 18.5. The average Bonchev–Trinajstić information content (AvgIpc) is 3.26. The predicted octanol–water partition coefficient (Wildman–Crippen LogP) is 3.07. The third-order valence-electron chi connectivity index (χ3n) is 3.82. The number of hydrogen-bond donors (Lipinski definition) is 1. The first-order valence-electron chi connectivity index (χ1n) is 8.36. The highest BCUT2D eigenvalue weighted by Gasteiger charge is 2.22. The maximum atomic E-state index is 12.9. The Morgan fingerprint density at radius 3 is 2.58 bits per heavy atom. The number of carbonyl (C=O) groups is 2. The van der Waals surface area contributed by atoms with Gasteiger partial charge in [0.15, 0.2) is 0 Å². The largest absolute Gasteiger partial charge is 0.465 e. The van der Waals surface area contributed by atoms with Gasteiger partial charge in [-0.3, -0.25) is 14.7 Å². The van der Waals surface area contributed by atoms with Crippen molar-refractivity contribution in [2.45, 2.75) is 32.6 Å². The van der Waals surface area contributed by atoms with Gasteiger partial charge in [-0.1, -0.05) is 19.1 Å². The normalized spacial score (nSPS) is 10.8. The van der Waals surface area contributed by atoms with E-state index in [2.05, 4.69) is 15.2 Å². The van der Waals surface area contributed by atoms with E-state index in [0.29, 0.717) is 30.2 Å². The standard InChI is InChI=1S/C19H18FN3O3/c1-2-3-17-21-19(23-22-17)18(25)16(24)11-15-9-8-14(26-15)10-12-4-6-13(20)7-5-12/h4-9H,2-3,10-11H2,1H3,(H,21,22,23). The minimum atomic E-state index is -0.736. The molecule has 1 aromatic carbocycles. The highest BCUT2D eigenvalue weighted by molar-refractivity contribution is 6.43. The van der Waals surface area contributed by atoms with Crippen LogP contribution in [0.15, 0.2) is 40.8 Å². The second-order valence-electron chi connectivity index (χ2n) is 5.96. The van der Waals surface area contributed by atoms with Gasteiger partial charge in [0.1, 0.15) is 23.2 Å². The molecule has 0 aliphatic heterocycles. The number of nitrogens with one attached hydrogen (secondary N) is 1. The summed E-state index contributed by atoms with van der Waals surface area (Å²) in [6.45, 7) is 1.98. The summed E-state index contributed by atoms with van der Waals surface area (Å²) >= 11 is 0. The van der Waals surface area contributed by atoms with E-state index in [-0.39, 0.29) is 18.1 Å². The van der Waals surface area contributed by atoms with Crippen LogP contribution in [0, 0.1) is 5.82 Å². The van der Waals surface area contributed by atoms with Crippen molar-refractivity contribution in [1.82, 2.24) is 15.2 Å². The minimum absolute atomic E-state index is 0.114. The summed E-state index contributed by atoms with van der Waals surface area (Å²) in [4.78, 5) is 28.3. The number of Topliss-reactive ketones (excluding diaryl/α,β-unsaturated/α-hetero) is 2. The molecule has 26 heavy (non-hydrogen) atoms. The third-order valence-corrected chi connectivity index (χ3v) is 3.82. The molecule has 3 rings (SSSR count). The highest BCUT2D eigenvalue weighted by Crippen LogP contribution is 2.15. The number of furan rings is 1. The Kier molecular flexibility index (Phi) is 5.36. The second-order valence-corrected chi connectivity index (χ2v) is 5.96. The van der Waals surface area contributed by atoms with Crippen molar-refractivity contribution < 1.29 is 18.4 Å². The molecule has 0 aliphatic rings. The van der Waals surface area contributed by atoms with Crippen LogP contribution in [0.1, 0.15) is 46.9 Å². The van der Waals surface area contributed by atoms with Gasteiger partial charge in [0.25, 0.3) is 5.78 Å². The first-order valence-corrected chi connectivity index (χ1v) is 8.36. The van der Waals surface area contributed by atoms with E-state index in [4.69, 9.17) is 4.42 Å². The van der Waals surface area contributed by atoms with Gasteiger partial charge >= 0.3 is 0 Å². The number of halogens is 1. The maximum absolute atomic E-state index is 12.9. The summed E-state index contributed by atoms with van der Waals surface area (Å²) in [5.74, 6) is -0.165. The van der Waals surface area contributed by atoms with Crippen LogP contribution in [0.3, 0.4) is 0 Å². The molecule has 7 heteroatoms. The summed E-state index contributed by atoms with van der Waals surface area (Å²) in [7, 11) is 0. The van der Waals surface area contributed by atoms with Crippen LogP contribution in [0.4, 0.5) is 4.39 Å². The van der Waals surface area contributed by atoms with Crippen LogP contribution in [0.2, 0.25) is 0 Å². The number of carbonyl (C=O) groups excluding carboxylic acids is 2. The van der Waals surface area contributed by atoms with E-state index in [0.717, 1.165) is 12.0 Å². The fourth-order valence-electron chi connectivity index (χ4n) is 2.52. The Balaban J connectivity index is 1.61. The van der Waals surface area contributed by atoms with E-state index in [9.17, 15) is 14.0 Å². The molecule has 2 heterocycles. The third kappa shape index (κ3) is 4.30. The number of ketones is 2. The zero-order valence-electron chi connectivity index (χ0n) is 14.3. The molecule has 3 aromatic rings. The summed E-state index contributed by atoms with van der Waals surface area (Å²) in [5.41, 5.74) is 0.888. The minimum Gasteiger partial charge on any atom is -0.465 e. The Morgan fingerprint density at radius 2 is 1.85 bits per heavy atom. The zero-order valence-corrected chi connectivity index (χ0v) is 14.3. The molecule has 6 nitrogen and oxygen atoms in total. The number of nitrogens with zero attached hydrogens (tertiary/aromatic N) is 2. The summed E-state index contributed by atoms with van der Waals surface area (Å²) < 4.78 is 18.5. The van der Waals surface area contributed by atoms with Crippen molar-refractivity contribution in [2.75, 3.05) is 0 Å². The Hall–Kier alpha value is -3.09. The van der Waals surface area contributed by atoms with Crippen LogP contribution in [-0.4, -0.2) is 26.7 Å². The second kappa shape index (κ2) is 7.86. The number of hydrogen-bond acceptors (Lipinski definition) is 5. The van der Waals surface area contributed by atoms with Gasteiger partial charge in [-0.2, -0.15) is 0 Å². The first kappa shape index (κ1) is 17.7. The molecule has 0 fully saturated rings. The van der Waals surface area contributed by atoms with Crippen molar-refractivity contribution in [3.63, 3.8) is 0 Å². The number of aromatic nitrogens is 3. The molecule has 0 unspecified atom stereocenters. The number of H-pyrrole nitrogens is 1. The molecule has 0 saturated carbocycles. The van der Waals surface area contributed by atoms with Gasteiger partial charge < -0.3 is 4.42 Å². The van der Waals surface area contributed by atoms with Crippen molar-refractivity contribution in [3.8, 4) is 0 Å². The lowest BCUT2D eigenvalue weighted by Gasteiger charge is -1.99. The number of benzene rings is 1. The lowest BCUT2D eigenvalue weighted by molar-refractivity contribution is -0.114. The number of aromatic amines is 1. The molecule has 134 valence electrons. The van der Waals surface area contributed by atoms with Crippen molar-refractivity contribution in [1.29, 1.82) is 0 Å². The lowest BCUT2D eigenvalue weighted by Crippen LogP contribution is -2.18. The number of rotatable bonds is 8. The molecule has 2 aromatic heterocycles. The summed E-state index contributed by atoms with van der Waals surface area (Å²) in [6.07, 6.45) is 1.85. The molecule has 0 atom stereocenters. The van der Waals surface area contributed by atoms with Gasteiger partial charge in [-0.25, -0.2) is 9.37 Å². The highest BCUT2D eigenvalue weighted by atomic mass is 19.1. The topological polar surface area (TPSA) is 88.8 Å². The average molecular weight is 355 g/mol. The Bertz CT molecular complexity index is 912. The summed E-state index contributed by atoms with van der Waals surface area (Å²) in [6, 6.07) is 9.50. The van der Waals surface area contributed by atoms with E-state index in [1.165, 1.54) is 12.1 Å². The van der Waals surface area contributed by atoms with Crippen molar-refractivity contribution in [3.05, 3.63) is 70.9 Å². The van der Waals surface area contributed by atoms with Crippen LogP contribution >= 0.6 is 0 Å². The quantitative estimate of drug-likeness (QED) is 0.495. The molecule has 1 N–H and O–H groups in total. The van der Waals surface area contributed by atoms with E-state index < -0.39 is 11.6 Å². The molecule has 0 saturated heterocycles. The van der Waals surface area contributed by atoms with Crippen LogP contribution in [0.25, 0.3) is 0 Å². The van der Waals surface area contributed by atoms with Gasteiger partial charge in [0.05, 0.1) is 6.42 Å². The molecule has 0 spiro atoms. The fourth-order valence-corrected chi connectivity index (χ4v) is 2.52. The molecule has 0 aliphatic carbocycles. The SMILES string of the molecule is CCCc1nc(C(=O)C(=O)Cc2ccc(Cc3ccc(F)cc3)o2)n[nH]1. The van der Waals surface area contributed by atoms with E-state index in [1.54, 1.807) is 24.3 Å². The fraction of sp³-hybridized carbons (Fsp3) is 0.263. The van der Waals surface area contributed by atoms with Crippen LogP contribution in [-0.2, 0) is 24.1 Å². The first-order chi connectivity index (χ1) is 12.5. The molecule has 0 amide bonds. The Labute approximate surface area is 149 Å². The van der Waals surface area contributed by atoms with Crippen LogP contribution in [0.5, 0.6) is 0 Å². The van der Waals surface area contributed by atoms with Crippen molar-refractivity contribution >= 4 is 11.6 Å². The van der Waals surface area contributed by atoms with Gasteiger partial charge in [-0.05, 0) is 36.2 Å². The lowest BCUT2D eigenvalue weighted by atomic mass is 10.1. The number of aryl methyl sites for hydroxylation is 1. The van der Waals surface area contributed by atoms with E-state index in [1.807, 2.05) is 6.92 Å². The van der Waals surface area contributed by atoms with Gasteiger partial charge in [0, 0.05) is 12.8 Å². The Morgan fingerprint density at radius 1 is 1.12 bits per heavy atom. The van der Waals surface area contributed by atoms with E-state index >= 15 is 0 Å². The molecular formula is C19H18FN3O3. The van der Waals surface area contributed by atoms with Crippen LogP contribution < -0.4 is 0 Å². The van der Waals surface area contributed by atoms with Gasteiger partial charge in [-0.15, -0.1) is 5.10 Å². The smallest absolute Gasteiger partial charge is 0.268 e. The summed E-state index contributed by atoms with van der Waals surface area (Å²) in [5, 5.41) is 6.46. The monoisotopic (exact) mass is 355 g/mol. The molecular weight excluding hydrogens is 337 g/mol.